The Balaban J connectivity index is 1.05. The van der Waals surface area contributed by atoms with Crippen molar-refractivity contribution in [2.75, 3.05) is 27.4 Å². The van der Waals surface area contributed by atoms with Crippen LogP contribution in [0.5, 0.6) is 11.5 Å². The second-order valence-corrected chi connectivity index (χ2v) is 21.5. The highest BCUT2D eigenvalue weighted by Crippen LogP contribution is 2.45. The van der Waals surface area contributed by atoms with Gasteiger partial charge in [0.1, 0.15) is 23.7 Å². The van der Waals surface area contributed by atoms with Crippen molar-refractivity contribution in [2.45, 2.75) is 190 Å². The normalized spacial score (nSPS) is 28.8. The lowest BCUT2D eigenvalue weighted by molar-refractivity contribution is -0.354. The summed E-state index contributed by atoms with van der Waals surface area (Å²) in [6.07, 6.45) is 19.5. The van der Waals surface area contributed by atoms with Crippen molar-refractivity contribution in [1.29, 1.82) is 0 Å². The number of carbonyl (C=O) groups is 2. The van der Waals surface area contributed by atoms with E-state index in [4.69, 9.17) is 28.4 Å². The highest BCUT2D eigenvalue weighted by molar-refractivity contribution is 6.05. The molecule has 4 fully saturated rings. The molecule has 4 aromatic carbocycles. The van der Waals surface area contributed by atoms with Gasteiger partial charge in [-0.2, -0.15) is 0 Å². The summed E-state index contributed by atoms with van der Waals surface area (Å²) in [6, 6.07) is 29.3. The number of rotatable bonds is 23. The Morgan fingerprint density at radius 1 is 0.472 bits per heavy atom. The first-order valence-electron chi connectivity index (χ1n) is 27.6. The van der Waals surface area contributed by atoms with Gasteiger partial charge in [0.05, 0.1) is 27.4 Å². The van der Waals surface area contributed by atoms with E-state index in [2.05, 4.69) is 13.8 Å². The fourth-order valence-electron chi connectivity index (χ4n) is 12.0. The van der Waals surface area contributed by atoms with Crippen molar-refractivity contribution in [3.8, 4) is 11.5 Å². The van der Waals surface area contributed by atoms with E-state index in [1.165, 1.54) is 114 Å². The first kappa shape index (κ1) is 53.9. The van der Waals surface area contributed by atoms with E-state index in [-0.39, 0.29) is 11.1 Å². The van der Waals surface area contributed by atoms with E-state index in [0.717, 1.165) is 37.5 Å². The standard InChI is InChI=1S/C62H82O10/c1-5-7-9-11-13-15-43-17-21-45(22-18-43)47-25-29-49(30-26-47)55(63)61(65)41-69-59(51-33-37-53(67-3)38-34-51)71-57(61)58-62(66,42-70-60(72-58)52-35-39-54(68-4)40-36-52)56(64)50-31-27-48(28-32-50)46-23-19-44(20-24-46)16-14-12-10-8-6-2/h25-40,43-46,57-60,65-66H,5-24,41-42H2,1-4H3/t43?,44?,45?,46?,57-,58-,59?,60?,61-,62-/m0/s1. The van der Waals surface area contributed by atoms with Crippen LogP contribution < -0.4 is 9.47 Å². The molecule has 4 aliphatic rings. The number of ether oxygens (including phenoxy) is 6. The summed E-state index contributed by atoms with van der Waals surface area (Å²) in [4.78, 5) is 30.1. The molecule has 390 valence electrons. The van der Waals surface area contributed by atoms with Crippen LogP contribution in [0.4, 0.5) is 0 Å². The molecular formula is C62H82O10. The smallest absolute Gasteiger partial charge is 0.199 e. The minimum Gasteiger partial charge on any atom is -0.497 e. The van der Waals surface area contributed by atoms with Gasteiger partial charge in [-0.1, -0.05) is 164 Å². The molecule has 72 heavy (non-hydrogen) atoms. The molecule has 0 radical (unpaired) electrons. The van der Waals surface area contributed by atoms with Crippen LogP contribution in [-0.4, -0.2) is 72.6 Å². The molecule has 2 unspecified atom stereocenters. The van der Waals surface area contributed by atoms with E-state index in [1.54, 1.807) is 87.0 Å². The maximum Gasteiger partial charge on any atom is 0.199 e. The quantitative estimate of drug-likeness (QED) is 0.0547. The number of methoxy groups -OCH3 is 2. The van der Waals surface area contributed by atoms with Gasteiger partial charge in [0.2, 0.25) is 0 Å². The van der Waals surface area contributed by atoms with Crippen LogP contribution in [0.25, 0.3) is 0 Å². The van der Waals surface area contributed by atoms with Gasteiger partial charge < -0.3 is 38.6 Å². The Morgan fingerprint density at radius 3 is 1.14 bits per heavy atom. The molecule has 6 atom stereocenters. The number of Topliss-reactive ketones (excluding diaryl/α,β-unsaturated/α-hetero) is 2. The van der Waals surface area contributed by atoms with Crippen LogP contribution in [0.1, 0.15) is 210 Å². The van der Waals surface area contributed by atoms with Gasteiger partial charge in [0.15, 0.2) is 35.3 Å². The summed E-state index contributed by atoms with van der Waals surface area (Å²) in [7, 11) is 3.15. The number of carbonyl (C=O) groups excluding carboxylic acids is 2. The summed E-state index contributed by atoms with van der Waals surface area (Å²) >= 11 is 0. The Hall–Kier alpha value is -4.42. The molecule has 0 bridgehead atoms. The van der Waals surface area contributed by atoms with Crippen LogP contribution >= 0.6 is 0 Å². The lowest BCUT2D eigenvalue weighted by atomic mass is 9.75. The first-order valence-corrected chi connectivity index (χ1v) is 27.6. The molecular weight excluding hydrogens is 905 g/mol. The van der Waals surface area contributed by atoms with E-state index < -0.39 is 60.8 Å². The molecule has 0 aromatic heterocycles. The zero-order chi connectivity index (χ0) is 50.5. The Bertz CT molecular complexity index is 2120. The zero-order valence-electron chi connectivity index (χ0n) is 43.6. The Kier molecular flexibility index (Phi) is 19.2. The SMILES string of the molecule is CCCCCCCC1CCC(c2ccc(C(=O)[C@@]3(O)COC(c4ccc(OC)cc4)O[C@H]3[C@@H]3OC(c4ccc(OC)cc4)OC[C@]3(O)C(=O)c3ccc(C4CCC(CCCCCCC)CC4)cc3)cc2)CC1. The zero-order valence-corrected chi connectivity index (χ0v) is 43.6. The fraction of sp³-hybridized carbons (Fsp3) is 0.581. The van der Waals surface area contributed by atoms with Gasteiger partial charge in [-0.25, -0.2) is 0 Å². The van der Waals surface area contributed by atoms with Crippen LogP contribution in [-0.2, 0) is 18.9 Å². The highest BCUT2D eigenvalue weighted by atomic mass is 16.7. The van der Waals surface area contributed by atoms with Crippen molar-refractivity contribution in [2.24, 2.45) is 11.8 Å². The molecule has 2 aliphatic heterocycles. The fourth-order valence-corrected chi connectivity index (χ4v) is 12.0. The van der Waals surface area contributed by atoms with E-state index in [1.807, 2.05) is 24.3 Å². The van der Waals surface area contributed by atoms with Crippen molar-refractivity contribution in [3.63, 3.8) is 0 Å². The maximum absolute atomic E-state index is 15.1. The monoisotopic (exact) mass is 987 g/mol. The van der Waals surface area contributed by atoms with Gasteiger partial charge >= 0.3 is 0 Å². The second kappa shape index (κ2) is 25.7. The second-order valence-electron chi connectivity index (χ2n) is 21.5. The predicted octanol–water partition coefficient (Wildman–Crippen LogP) is 13.7. The van der Waals surface area contributed by atoms with Crippen LogP contribution in [0.2, 0.25) is 0 Å². The summed E-state index contributed by atoms with van der Waals surface area (Å²) in [6.45, 7) is 3.50. The lowest BCUT2D eigenvalue weighted by Gasteiger charge is -2.51. The molecule has 2 saturated heterocycles. The Labute approximate surface area is 429 Å². The number of aliphatic hydroxyl groups is 2. The molecule has 10 nitrogen and oxygen atoms in total. The Morgan fingerprint density at radius 2 is 0.806 bits per heavy atom. The third-order valence-electron chi connectivity index (χ3n) is 16.6. The van der Waals surface area contributed by atoms with Crippen LogP contribution in [0.15, 0.2) is 97.1 Å². The van der Waals surface area contributed by atoms with Gasteiger partial charge in [-0.15, -0.1) is 0 Å². The molecule has 10 heteroatoms. The maximum atomic E-state index is 15.1. The van der Waals surface area contributed by atoms with Crippen molar-refractivity contribution in [3.05, 3.63) is 130 Å². The molecule has 4 aromatic rings. The number of ketones is 2. The number of hydrogen-bond acceptors (Lipinski definition) is 10. The molecule has 0 amide bonds. The summed E-state index contributed by atoms with van der Waals surface area (Å²) in [5.74, 6) is 2.25. The number of benzene rings is 4. The summed E-state index contributed by atoms with van der Waals surface area (Å²) in [5.41, 5.74) is -0.813. The van der Waals surface area contributed by atoms with Gasteiger partial charge in [-0.3, -0.25) is 9.59 Å². The van der Waals surface area contributed by atoms with E-state index in [9.17, 15) is 10.2 Å². The number of hydrogen-bond donors (Lipinski definition) is 2. The summed E-state index contributed by atoms with van der Waals surface area (Å²) < 4.78 is 36.8. The highest BCUT2D eigenvalue weighted by Gasteiger charge is 2.63. The summed E-state index contributed by atoms with van der Waals surface area (Å²) in [5, 5.41) is 26.1. The number of unbranched alkanes of at least 4 members (excludes halogenated alkanes) is 8. The van der Waals surface area contributed by atoms with Gasteiger partial charge in [0, 0.05) is 22.3 Å². The first-order chi connectivity index (χ1) is 35.1. The predicted molar refractivity (Wildman–Crippen MR) is 281 cm³/mol. The third kappa shape index (κ3) is 12.9. The largest absolute Gasteiger partial charge is 0.497 e. The van der Waals surface area contributed by atoms with E-state index in [0.29, 0.717) is 34.5 Å². The molecule has 8 rings (SSSR count). The average molecular weight is 987 g/mol. The topological polar surface area (TPSA) is 130 Å². The average Bonchev–Trinajstić information content (AvgIpc) is 3.43. The van der Waals surface area contributed by atoms with Crippen molar-refractivity contribution >= 4 is 11.6 Å². The van der Waals surface area contributed by atoms with Crippen LogP contribution in [0.3, 0.4) is 0 Å². The molecule has 0 spiro atoms. The minimum atomic E-state index is -2.42. The molecule has 2 heterocycles. The van der Waals surface area contributed by atoms with Gasteiger partial charge in [-0.05, 0) is 110 Å². The van der Waals surface area contributed by atoms with Crippen LogP contribution in [0, 0.1) is 11.8 Å². The molecule has 2 aliphatic carbocycles. The van der Waals surface area contributed by atoms with Gasteiger partial charge in [0.25, 0.3) is 0 Å². The molecule has 2 saturated carbocycles. The minimum absolute atomic E-state index is 0.257. The third-order valence-corrected chi connectivity index (χ3v) is 16.6. The van der Waals surface area contributed by atoms with E-state index >= 15 is 9.59 Å². The lowest BCUT2D eigenvalue weighted by Crippen LogP contribution is -2.71. The molecule has 2 N–H and O–H groups in total. The van der Waals surface area contributed by atoms with Crippen molar-refractivity contribution in [1.82, 2.24) is 0 Å². The van der Waals surface area contributed by atoms with Crippen molar-refractivity contribution < 1.29 is 48.2 Å².